The molecule has 0 atom stereocenters. The Morgan fingerprint density at radius 1 is 1.00 bits per heavy atom. The number of carbonyl (C=O) groups excluding carboxylic acids is 1. The topological polar surface area (TPSA) is 84.9 Å². The first-order valence-electron chi connectivity index (χ1n) is 11.8. The van der Waals surface area contributed by atoms with Crippen molar-refractivity contribution in [1.29, 1.82) is 0 Å². The van der Waals surface area contributed by atoms with Crippen molar-refractivity contribution in [3.8, 4) is 11.5 Å². The summed E-state index contributed by atoms with van der Waals surface area (Å²) < 4.78 is 38.9. The quantitative estimate of drug-likeness (QED) is 0.348. The van der Waals surface area contributed by atoms with Crippen LogP contribution in [0.2, 0.25) is 5.02 Å². The summed E-state index contributed by atoms with van der Waals surface area (Å²) in [5.41, 5.74) is 2.41. The van der Waals surface area contributed by atoms with E-state index >= 15 is 0 Å². The number of hydrogen-bond donors (Lipinski definition) is 1. The van der Waals surface area contributed by atoms with Gasteiger partial charge in [-0.05, 0) is 60.4 Å². The van der Waals surface area contributed by atoms with Crippen LogP contribution in [-0.4, -0.2) is 41.1 Å². The van der Waals surface area contributed by atoms with E-state index in [-0.39, 0.29) is 34.2 Å². The fourth-order valence-electron chi connectivity index (χ4n) is 3.56. The molecule has 1 amide bonds. The molecular formula is C28H33ClN2O5S. The van der Waals surface area contributed by atoms with Gasteiger partial charge >= 0.3 is 0 Å². The van der Waals surface area contributed by atoms with E-state index in [4.69, 9.17) is 21.1 Å². The molecule has 0 saturated heterocycles. The van der Waals surface area contributed by atoms with Gasteiger partial charge in [0.15, 0.2) is 0 Å². The summed E-state index contributed by atoms with van der Waals surface area (Å²) in [6.07, 6.45) is 0. The Bertz CT molecular complexity index is 1320. The average molecular weight is 545 g/mol. The van der Waals surface area contributed by atoms with Gasteiger partial charge in [-0.1, -0.05) is 62.2 Å². The lowest BCUT2D eigenvalue weighted by atomic mass is 9.87. The maximum atomic E-state index is 13.5. The second kappa shape index (κ2) is 11.9. The molecule has 0 radical (unpaired) electrons. The summed E-state index contributed by atoms with van der Waals surface area (Å²) in [6.45, 7) is 8.30. The number of nitrogens with zero attached hydrogens (tertiary/aromatic N) is 1. The van der Waals surface area contributed by atoms with E-state index in [1.54, 1.807) is 24.3 Å². The number of aryl methyl sites for hydroxylation is 1. The van der Waals surface area contributed by atoms with Crippen LogP contribution in [0.25, 0.3) is 0 Å². The predicted octanol–water partition coefficient (Wildman–Crippen LogP) is 5.35. The number of benzene rings is 3. The lowest BCUT2D eigenvalue weighted by Gasteiger charge is -2.24. The minimum Gasteiger partial charge on any atom is -0.495 e. The minimum atomic E-state index is -4.05. The van der Waals surface area contributed by atoms with Crippen LogP contribution in [0.5, 0.6) is 11.5 Å². The number of nitrogens with one attached hydrogen (secondary N) is 1. The molecule has 0 aliphatic carbocycles. The monoisotopic (exact) mass is 544 g/mol. The number of hydrogen-bond acceptors (Lipinski definition) is 5. The Morgan fingerprint density at radius 3 is 2.22 bits per heavy atom. The van der Waals surface area contributed by atoms with E-state index in [0.717, 1.165) is 9.87 Å². The van der Waals surface area contributed by atoms with Crippen LogP contribution in [0.3, 0.4) is 0 Å². The van der Waals surface area contributed by atoms with Gasteiger partial charge in [0.1, 0.15) is 24.7 Å². The molecular weight excluding hydrogens is 512 g/mol. The second-order valence-electron chi connectivity index (χ2n) is 9.62. The molecule has 0 aliphatic heterocycles. The standard InChI is InChI=1S/C28H33ClN2O5S/c1-20-6-13-24(14-7-20)37(33,34)31(22-10-15-26(35-5)25(29)18-22)19-27(32)30-16-17-36-23-11-8-21(9-12-23)28(2,3)4/h6-15,18H,16-17,19H2,1-5H3,(H,30,32). The molecule has 0 unspecified atom stereocenters. The molecule has 0 bridgehead atoms. The summed E-state index contributed by atoms with van der Waals surface area (Å²) in [7, 11) is -2.58. The second-order valence-corrected chi connectivity index (χ2v) is 11.9. The van der Waals surface area contributed by atoms with Crippen LogP contribution < -0.4 is 19.1 Å². The fourth-order valence-corrected chi connectivity index (χ4v) is 5.22. The van der Waals surface area contributed by atoms with Crippen LogP contribution in [0, 0.1) is 6.92 Å². The van der Waals surface area contributed by atoms with Crippen molar-refractivity contribution in [2.75, 3.05) is 31.1 Å². The number of carbonyl (C=O) groups is 1. The molecule has 0 fully saturated rings. The molecule has 0 aromatic heterocycles. The van der Waals surface area contributed by atoms with Crippen molar-refractivity contribution in [3.05, 3.63) is 82.9 Å². The van der Waals surface area contributed by atoms with E-state index in [1.807, 2.05) is 31.2 Å². The summed E-state index contributed by atoms with van der Waals surface area (Å²) in [5, 5.41) is 2.96. The largest absolute Gasteiger partial charge is 0.495 e. The van der Waals surface area contributed by atoms with Gasteiger partial charge < -0.3 is 14.8 Å². The summed E-state index contributed by atoms with van der Waals surface area (Å²) in [5.74, 6) is 0.614. The lowest BCUT2D eigenvalue weighted by molar-refractivity contribution is -0.119. The molecule has 7 nitrogen and oxygen atoms in total. The van der Waals surface area contributed by atoms with Crippen LogP contribution in [0.15, 0.2) is 71.6 Å². The number of rotatable bonds is 10. The van der Waals surface area contributed by atoms with E-state index < -0.39 is 22.5 Å². The van der Waals surface area contributed by atoms with Gasteiger partial charge in [0, 0.05) is 0 Å². The van der Waals surface area contributed by atoms with Crippen molar-refractivity contribution in [3.63, 3.8) is 0 Å². The third-order valence-corrected chi connectivity index (χ3v) is 7.82. The lowest BCUT2D eigenvalue weighted by Crippen LogP contribution is -2.42. The maximum absolute atomic E-state index is 13.5. The molecule has 3 aromatic rings. The number of amides is 1. The Hall–Kier alpha value is -3.23. The molecule has 3 rings (SSSR count). The molecule has 3 aromatic carbocycles. The van der Waals surface area contributed by atoms with Crippen LogP contribution in [0.4, 0.5) is 5.69 Å². The number of halogens is 1. The zero-order valence-electron chi connectivity index (χ0n) is 21.7. The first kappa shape index (κ1) is 28.3. The predicted molar refractivity (Wildman–Crippen MR) is 147 cm³/mol. The minimum absolute atomic E-state index is 0.0470. The Kier molecular flexibility index (Phi) is 9.10. The van der Waals surface area contributed by atoms with Crippen LogP contribution >= 0.6 is 11.6 Å². The number of methoxy groups -OCH3 is 1. The van der Waals surface area contributed by atoms with E-state index in [1.165, 1.54) is 30.9 Å². The van der Waals surface area contributed by atoms with Gasteiger partial charge in [0.25, 0.3) is 10.0 Å². The molecule has 198 valence electrons. The van der Waals surface area contributed by atoms with Crippen molar-refractivity contribution in [2.45, 2.75) is 38.0 Å². The van der Waals surface area contributed by atoms with E-state index in [0.29, 0.717) is 11.5 Å². The third kappa shape index (κ3) is 7.40. The Labute approximate surface area is 224 Å². The summed E-state index contributed by atoms with van der Waals surface area (Å²) in [4.78, 5) is 12.9. The molecule has 0 saturated carbocycles. The third-order valence-electron chi connectivity index (χ3n) is 5.73. The zero-order chi connectivity index (χ0) is 27.2. The molecule has 0 heterocycles. The zero-order valence-corrected chi connectivity index (χ0v) is 23.3. The summed E-state index contributed by atoms with van der Waals surface area (Å²) >= 11 is 6.26. The number of ether oxygens (including phenoxy) is 2. The van der Waals surface area contributed by atoms with Crippen molar-refractivity contribution in [1.82, 2.24) is 5.32 Å². The molecule has 0 aliphatic rings. The first-order valence-corrected chi connectivity index (χ1v) is 13.7. The first-order chi connectivity index (χ1) is 17.4. The van der Waals surface area contributed by atoms with Crippen LogP contribution in [0.1, 0.15) is 31.9 Å². The highest BCUT2D eigenvalue weighted by molar-refractivity contribution is 7.92. The van der Waals surface area contributed by atoms with Gasteiger partial charge in [-0.3, -0.25) is 9.10 Å². The van der Waals surface area contributed by atoms with Gasteiger partial charge in [-0.25, -0.2) is 8.42 Å². The van der Waals surface area contributed by atoms with Crippen molar-refractivity contribution in [2.24, 2.45) is 0 Å². The van der Waals surface area contributed by atoms with Gasteiger partial charge in [-0.15, -0.1) is 0 Å². The smallest absolute Gasteiger partial charge is 0.264 e. The van der Waals surface area contributed by atoms with Gasteiger partial charge in [0.2, 0.25) is 5.91 Å². The molecule has 1 N–H and O–H groups in total. The normalized spacial score (nSPS) is 11.6. The molecule has 0 spiro atoms. The maximum Gasteiger partial charge on any atom is 0.264 e. The summed E-state index contributed by atoms with van der Waals surface area (Å²) in [6, 6.07) is 18.8. The molecule has 37 heavy (non-hydrogen) atoms. The van der Waals surface area contributed by atoms with E-state index in [9.17, 15) is 13.2 Å². The molecule has 9 heteroatoms. The fraction of sp³-hybridized carbons (Fsp3) is 0.321. The Balaban J connectivity index is 1.70. The van der Waals surface area contributed by atoms with Gasteiger partial charge in [0.05, 0.1) is 29.3 Å². The van der Waals surface area contributed by atoms with Crippen LogP contribution in [-0.2, 0) is 20.2 Å². The Morgan fingerprint density at radius 2 is 1.65 bits per heavy atom. The highest BCUT2D eigenvalue weighted by Gasteiger charge is 2.27. The van der Waals surface area contributed by atoms with Gasteiger partial charge in [-0.2, -0.15) is 0 Å². The highest BCUT2D eigenvalue weighted by Crippen LogP contribution is 2.32. The highest BCUT2D eigenvalue weighted by atomic mass is 35.5. The number of sulfonamides is 1. The van der Waals surface area contributed by atoms with Crippen molar-refractivity contribution < 1.29 is 22.7 Å². The number of anilines is 1. The van der Waals surface area contributed by atoms with Crippen molar-refractivity contribution >= 4 is 33.2 Å². The SMILES string of the molecule is COc1ccc(N(CC(=O)NCCOc2ccc(C(C)(C)C)cc2)S(=O)(=O)c2ccc(C)cc2)cc1Cl. The van der Waals surface area contributed by atoms with E-state index in [2.05, 4.69) is 26.1 Å². The average Bonchev–Trinajstić information content (AvgIpc) is 2.85.